The lowest BCUT2D eigenvalue weighted by Gasteiger charge is -2.12. The van der Waals surface area contributed by atoms with Gasteiger partial charge in [-0.1, -0.05) is 18.2 Å². The quantitative estimate of drug-likeness (QED) is 0.479. The Morgan fingerprint density at radius 3 is 2.39 bits per heavy atom. The van der Waals surface area contributed by atoms with Crippen molar-refractivity contribution < 1.29 is 30.8 Å². The molecular weight excluding hydrogens is 468 g/mol. The number of hydrogen-bond donors (Lipinski definition) is 1. The van der Waals surface area contributed by atoms with Crippen LogP contribution < -0.4 is 4.72 Å². The molecular formula is C22H24N2O7S2. The summed E-state index contributed by atoms with van der Waals surface area (Å²) in [6.45, 7) is 3.15. The van der Waals surface area contributed by atoms with Crippen molar-refractivity contribution in [1.82, 2.24) is 4.31 Å². The van der Waals surface area contributed by atoms with E-state index in [4.69, 9.17) is 9.15 Å². The second-order valence-corrected chi connectivity index (χ2v) is 11.3. The fraction of sp³-hybridized carbons (Fsp3) is 0.227. The van der Waals surface area contributed by atoms with E-state index in [-0.39, 0.29) is 27.9 Å². The molecule has 11 heteroatoms. The summed E-state index contributed by atoms with van der Waals surface area (Å²) in [6.07, 6.45) is 0. The van der Waals surface area contributed by atoms with Gasteiger partial charge in [0.1, 0.15) is 12.4 Å². The molecule has 0 aliphatic heterocycles. The van der Waals surface area contributed by atoms with Crippen LogP contribution in [0.2, 0.25) is 0 Å². The topological polar surface area (TPSA) is 123 Å². The fourth-order valence-corrected chi connectivity index (χ4v) is 5.04. The largest absolute Gasteiger partial charge is 0.454 e. The number of furan rings is 1. The molecule has 3 rings (SSSR count). The Kier molecular flexibility index (Phi) is 6.96. The fourth-order valence-electron chi connectivity index (χ4n) is 2.91. The smallest absolute Gasteiger partial charge is 0.338 e. The second kappa shape index (κ2) is 9.38. The lowest BCUT2D eigenvalue weighted by molar-refractivity contribution is 0.0440. The second-order valence-electron chi connectivity index (χ2n) is 7.54. The summed E-state index contributed by atoms with van der Waals surface area (Å²) in [4.78, 5) is 12.5. The maximum atomic E-state index is 12.9. The normalized spacial score (nSPS) is 12.0. The maximum Gasteiger partial charge on any atom is 0.338 e. The average Bonchev–Trinajstić information content (AvgIpc) is 3.21. The maximum absolute atomic E-state index is 12.9. The highest BCUT2D eigenvalue weighted by molar-refractivity contribution is 7.92. The van der Waals surface area contributed by atoms with Crippen molar-refractivity contribution in [3.05, 3.63) is 77.0 Å². The van der Waals surface area contributed by atoms with Crippen LogP contribution in [0.15, 0.2) is 69.0 Å². The van der Waals surface area contributed by atoms with Crippen molar-refractivity contribution in [3.8, 4) is 0 Å². The summed E-state index contributed by atoms with van der Waals surface area (Å²) in [5.41, 5.74) is 1.78. The van der Waals surface area contributed by atoms with Gasteiger partial charge in [-0.05, 0) is 61.4 Å². The summed E-state index contributed by atoms with van der Waals surface area (Å²) < 4.78 is 63.9. The van der Waals surface area contributed by atoms with E-state index in [2.05, 4.69) is 4.72 Å². The number of hydrogen-bond acceptors (Lipinski definition) is 7. The number of carbonyl (C=O) groups is 1. The number of nitrogens with one attached hydrogen (secondary N) is 1. The van der Waals surface area contributed by atoms with Crippen LogP contribution in [0.3, 0.4) is 0 Å². The molecule has 0 saturated carbocycles. The number of rotatable bonds is 8. The molecule has 0 bridgehead atoms. The highest BCUT2D eigenvalue weighted by Gasteiger charge is 2.23. The van der Waals surface area contributed by atoms with E-state index in [0.717, 1.165) is 9.87 Å². The third-order valence-electron chi connectivity index (χ3n) is 4.70. The summed E-state index contributed by atoms with van der Waals surface area (Å²) in [5.74, 6) is -0.653. The highest BCUT2D eigenvalue weighted by Crippen LogP contribution is 2.23. The first kappa shape index (κ1) is 24.5. The highest BCUT2D eigenvalue weighted by atomic mass is 32.2. The number of esters is 1. The zero-order valence-electron chi connectivity index (χ0n) is 18.5. The molecule has 0 aliphatic carbocycles. The van der Waals surface area contributed by atoms with Gasteiger partial charge in [-0.2, -0.15) is 0 Å². The van der Waals surface area contributed by atoms with Gasteiger partial charge in [-0.3, -0.25) is 4.72 Å². The average molecular weight is 493 g/mol. The SMILES string of the molecule is Cc1cccc(NS(=O)(=O)c2cc(C(=O)OCc3ccc(S(=O)(=O)N(C)C)o3)ccc2C)c1. The monoisotopic (exact) mass is 492 g/mol. The Morgan fingerprint density at radius 1 is 1.00 bits per heavy atom. The molecule has 1 heterocycles. The van der Waals surface area contributed by atoms with Gasteiger partial charge < -0.3 is 9.15 Å². The van der Waals surface area contributed by atoms with Gasteiger partial charge in [0, 0.05) is 19.8 Å². The van der Waals surface area contributed by atoms with E-state index in [1.807, 2.05) is 13.0 Å². The van der Waals surface area contributed by atoms with Crippen LogP contribution in [0.5, 0.6) is 0 Å². The Bertz CT molecular complexity index is 1390. The summed E-state index contributed by atoms with van der Waals surface area (Å²) in [5, 5.41) is -0.274. The van der Waals surface area contributed by atoms with Gasteiger partial charge >= 0.3 is 5.97 Å². The number of anilines is 1. The molecule has 0 fully saturated rings. The molecule has 1 aromatic heterocycles. The molecule has 2 aromatic carbocycles. The van der Waals surface area contributed by atoms with E-state index >= 15 is 0 Å². The predicted octanol–water partition coefficient (Wildman–Crippen LogP) is 3.30. The van der Waals surface area contributed by atoms with Gasteiger partial charge in [0.25, 0.3) is 20.0 Å². The zero-order valence-corrected chi connectivity index (χ0v) is 20.2. The predicted molar refractivity (Wildman–Crippen MR) is 122 cm³/mol. The van der Waals surface area contributed by atoms with Crippen molar-refractivity contribution in [3.63, 3.8) is 0 Å². The first-order valence-corrected chi connectivity index (χ1v) is 12.7. The molecule has 3 aromatic rings. The van der Waals surface area contributed by atoms with E-state index in [1.54, 1.807) is 25.1 Å². The van der Waals surface area contributed by atoms with Crippen molar-refractivity contribution in [1.29, 1.82) is 0 Å². The molecule has 0 amide bonds. The summed E-state index contributed by atoms with van der Waals surface area (Å²) in [6, 6.07) is 13.8. The number of sulfonamides is 2. The third kappa shape index (κ3) is 5.62. The van der Waals surface area contributed by atoms with E-state index in [1.165, 1.54) is 44.4 Å². The van der Waals surface area contributed by atoms with Crippen LogP contribution >= 0.6 is 0 Å². The molecule has 176 valence electrons. The Morgan fingerprint density at radius 2 is 1.73 bits per heavy atom. The van der Waals surface area contributed by atoms with Crippen molar-refractivity contribution >= 4 is 31.7 Å². The molecule has 1 N–H and O–H groups in total. The number of aryl methyl sites for hydroxylation is 2. The van der Waals surface area contributed by atoms with Crippen LogP contribution in [0, 0.1) is 13.8 Å². The molecule has 9 nitrogen and oxygen atoms in total. The van der Waals surface area contributed by atoms with Crippen LogP contribution in [0.4, 0.5) is 5.69 Å². The van der Waals surface area contributed by atoms with Crippen LogP contribution in [0.25, 0.3) is 0 Å². The standard InChI is InChI=1S/C22H24N2O7S2/c1-15-6-5-7-18(12-15)23-32(26,27)20-13-17(9-8-16(20)2)22(25)30-14-19-10-11-21(31-19)33(28,29)24(3)4/h5-13,23H,14H2,1-4H3. The molecule has 33 heavy (non-hydrogen) atoms. The van der Waals surface area contributed by atoms with Crippen LogP contribution in [-0.4, -0.2) is 41.2 Å². The summed E-state index contributed by atoms with van der Waals surface area (Å²) >= 11 is 0. The van der Waals surface area contributed by atoms with Gasteiger partial charge in [-0.15, -0.1) is 0 Å². The zero-order chi connectivity index (χ0) is 24.4. The minimum Gasteiger partial charge on any atom is -0.454 e. The Labute approximate surface area is 193 Å². The van der Waals surface area contributed by atoms with E-state index < -0.39 is 26.0 Å². The minimum atomic E-state index is -3.95. The number of benzene rings is 2. The Hall–Kier alpha value is -3.15. The van der Waals surface area contributed by atoms with Crippen molar-refractivity contribution in [2.24, 2.45) is 0 Å². The molecule has 0 radical (unpaired) electrons. The number of ether oxygens (including phenoxy) is 1. The first-order valence-electron chi connectivity index (χ1n) is 9.78. The lowest BCUT2D eigenvalue weighted by atomic mass is 10.1. The van der Waals surface area contributed by atoms with Crippen molar-refractivity contribution in [2.75, 3.05) is 18.8 Å². The van der Waals surface area contributed by atoms with Gasteiger partial charge in [-0.25, -0.2) is 25.9 Å². The Balaban J connectivity index is 1.76. The first-order chi connectivity index (χ1) is 15.4. The molecule has 0 saturated heterocycles. The number of carbonyl (C=O) groups excluding carboxylic acids is 1. The van der Waals surface area contributed by atoms with E-state index in [0.29, 0.717) is 11.3 Å². The van der Waals surface area contributed by atoms with Crippen LogP contribution in [0.1, 0.15) is 27.2 Å². The minimum absolute atomic E-state index is 0.0258. The molecule has 0 atom stereocenters. The van der Waals surface area contributed by atoms with Gasteiger partial charge in [0.05, 0.1) is 10.5 Å². The van der Waals surface area contributed by atoms with Crippen LogP contribution in [-0.2, 0) is 31.4 Å². The molecule has 0 unspecified atom stereocenters. The third-order valence-corrected chi connectivity index (χ3v) is 7.91. The van der Waals surface area contributed by atoms with E-state index in [9.17, 15) is 21.6 Å². The summed E-state index contributed by atoms with van der Waals surface area (Å²) in [7, 11) is -4.96. The number of nitrogens with zero attached hydrogens (tertiary/aromatic N) is 1. The van der Waals surface area contributed by atoms with Crippen molar-refractivity contribution in [2.45, 2.75) is 30.4 Å². The molecule has 0 aliphatic rings. The molecule has 0 spiro atoms. The van der Waals surface area contributed by atoms with Gasteiger partial charge in [0.2, 0.25) is 5.09 Å². The lowest BCUT2D eigenvalue weighted by Crippen LogP contribution is -2.21. The van der Waals surface area contributed by atoms with Gasteiger partial charge in [0.15, 0.2) is 0 Å².